The second-order valence-electron chi connectivity index (χ2n) is 6.05. The van der Waals surface area contributed by atoms with Crippen LogP contribution in [0.3, 0.4) is 0 Å². The molecule has 1 aromatic rings. The standard InChI is InChI=1S/C15H20N2O3/c1-17-7-11(4-5-13(17)19)15(20)16-14-10-3-2-9(6-10)12(14)8-18/h4-5,7,9-10,12,14,18H,2-3,6,8H2,1H3,(H,16,20). The van der Waals surface area contributed by atoms with Crippen LogP contribution in [0, 0.1) is 17.8 Å². The predicted molar refractivity (Wildman–Crippen MR) is 74.3 cm³/mol. The molecule has 108 valence electrons. The maximum Gasteiger partial charge on any atom is 0.253 e. The number of aliphatic hydroxyl groups is 1. The highest BCUT2D eigenvalue weighted by Gasteiger charge is 2.47. The van der Waals surface area contributed by atoms with Gasteiger partial charge >= 0.3 is 0 Å². The SMILES string of the molecule is Cn1cc(C(=O)NC2C3CCC(C3)C2CO)ccc1=O. The van der Waals surface area contributed by atoms with Gasteiger partial charge in [-0.1, -0.05) is 0 Å². The van der Waals surface area contributed by atoms with Gasteiger partial charge in [0.25, 0.3) is 5.91 Å². The molecule has 2 fully saturated rings. The molecule has 2 aliphatic carbocycles. The third-order valence-electron chi connectivity index (χ3n) is 4.94. The first-order valence-corrected chi connectivity index (χ1v) is 7.18. The van der Waals surface area contributed by atoms with E-state index in [4.69, 9.17) is 0 Å². The van der Waals surface area contributed by atoms with Crippen molar-refractivity contribution in [3.63, 3.8) is 0 Å². The number of aliphatic hydroxyl groups excluding tert-OH is 1. The van der Waals surface area contributed by atoms with Gasteiger partial charge in [-0.25, -0.2) is 0 Å². The van der Waals surface area contributed by atoms with Crippen molar-refractivity contribution in [2.75, 3.05) is 6.61 Å². The van der Waals surface area contributed by atoms with Gasteiger partial charge < -0.3 is 15.0 Å². The lowest BCUT2D eigenvalue weighted by Crippen LogP contribution is -2.45. The van der Waals surface area contributed by atoms with Gasteiger partial charge in [-0.3, -0.25) is 9.59 Å². The minimum absolute atomic E-state index is 0.0727. The fourth-order valence-electron chi connectivity index (χ4n) is 3.86. The van der Waals surface area contributed by atoms with Gasteiger partial charge in [0.2, 0.25) is 5.56 Å². The zero-order valence-electron chi connectivity index (χ0n) is 11.6. The third-order valence-corrected chi connectivity index (χ3v) is 4.94. The highest BCUT2D eigenvalue weighted by atomic mass is 16.3. The summed E-state index contributed by atoms with van der Waals surface area (Å²) in [6.45, 7) is 0.138. The normalized spacial score (nSPS) is 31.5. The largest absolute Gasteiger partial charge is 0.396 e. The first kappa shape index (κ1) is 13.4. The van der Waals surface area contributed by atoms with Crippen molar-refractivity contribution in [3.8, 4) is 0 Å². The number of hydrogen-bond acceptors (Lipinski definition) is 3. The van der Waals surface area contributed by atoms with Crippen molar-refractivity contribution in [1.82, 2.24) is 9.88 Å². The quantitative estimate of drug-likeness (QED) is 0.845. The van der Waals surface area contributed by atoms with Crippen molar-refractivity contribution in [2.24, 2.45) is 24.8 Å². The number of aryl methyl sites for hydroxylation is 1. The van der Waals surface area contributed by atoms with E-state index in [1.54, 1.807) is 19.3 Å². The van der Waals surface area contributed by atoms with Crippen molar-refractivity contribution in [1.29, 1.82) is 0 Å². The summed E-state index contributed by atoms with van der Waals surface area (Å²) in [5.41, 5.74) is 0.362. The molecule has 5 nitrogen and oxygen atoms in total. The van der Waals surface area contributed by atoms with Crippen LogP contribution in [0.25, 0.3) is 0 Å². The molecule has 2 N–H and O–H groups in total. The molecule has 1 aromatic heterocycles. The molecular formula is C15H20N2O3. The van der Waals surface area contributed by atoms with Gasteiger partial charge in [0, 0.05) is 37.9 Å². The van der Waals surface area contributed by atoms with Crippen LogP contribution in [0.15, 0.2) is 23.1 Å². The maximum absolute atomic E-state index is 12.3. The van der Waals surface area contributed by atoms with Gasteiger partial charge in [0.15, 0.2) is 0 Å². The summed E-state index contributed by atoms with van der Waals surface area (Å²) < 4.78 is 1.40. The number of nitrogens with zero attached hydrogens (tertiary/aromatic N) is 1. The number of pyridine rings is 1. The van der Waals surface area contributed by atoms with Crippen molar-refractivity contribution in [3.05, 3.63) is 34.2 Å². The third kappa shape index (κ3) is 2.16. The minimum Gasteiger partial charge on any atom is -0.396 e. The second-order valence-corrected chi connectivity index (χ2v) is 6.05. The lowest BCUT2D eigenvalue weighted by atomic mass is 9.85. The molecule has 3 rings (SSSR count). The Morgan fingerprint density at radius 3 is 2.85 bits per heavy atom. The molecular weight excluding hydrogens is 256 g/mol. The molecule has 0 aliphatic heterocycles. The van der Waals surface area contributed by atoms with Crippen LogP contribution >= 0.6 is 0 Å². The van der Waals surface area contributed by atoms with E-state index in [9.17, 15) is 14.7 Å². The van der Waals surface area contributed by atoms with Crippen molar-refractivity contribution < 1.29 is 9.90 Å². The Hall–Kier alpha value is -1.62. The first-order valence-electron chi connectivity index (χ1n) is 7.18. The summed E-state index contributed by atoms with van der Waals surface area (Å²) in [5.74, 6) is 1.07. The number of carbonyl (C=O) groups is 1. The summed E-state index contributed by atoms with van der Waals surface area (Å²) >= 11 is 0. The van der Waals surface area contributed by atoms with E-state index in [0.717, 1.165) is 12.8 Å². The smallest absolute Gasteiger partial charge is 0.253 e. The molecule has 0 spiro atoms. The Morgan fingerprint density at radius 2 is 2.15 bits per heavy atom. The Bertz CT molecular complexity index is 581. The number of hydrogen-bond donors (Lipinski definition) is 2. The first-order chi connectivity index (χ1) is 9.60. The van der Waals surface area contributed by atoms with Crippen LogP contribution in [-0.4, -0.2) is 28.2 Å². The molecule has 2 saturated carbocycles. The summed E-state index contributed by atoms with van der Waals surface area (Å²) in [4.78, 5) is 23.6. The zero-order chi connectivity index (χ0) is 14.3. The van der Waals surface area contributed by atoms with Gasteiger partial charge in [0.1, 0.15) is 0 Å². The number of amides is 1. The van der Waals surface area contributed by atoms with Gasteiger partial charge in [-0.15, -0.1) is 0 Å². The highest BCUT2D eigenvalue weighted by molar-refractivity contribution is 5.94. The molecule has 5 heteroatoms. The van der Waals surface area contributed by atoms with E-state index >= 15 is 0 Å². The number of rotatable bonds is 3. The van der Waals surface area contributed by atoms with E-state index in [-0.39, 0.29) is 30.0 Å². The fourth-order valence-corrected chi connectivity index (χ4v) is 3.86. The van der Waals surface area contributed by atoms with Crippen LogP contribution in [0.5, 0.6) is 0 Å². The van der Waals surface area contributed by atoms with Gasteiger partial charge in [-0.2, -0.15) is 0 Å². The molecule has 20 heavy (non-hydrogen) atoms. The van der Waals surface area contributed by atoms with Crippen LogP contribution in [0.1, 0.15) is 29.6 Å². The summed E-state index contributed by atoms with van der Waals surface area (Å²) in [5, 5.41) is 12.6. The minimum atomic E-state index is -0.156. The predicted octanol–water partition coefficient (Wildman–Crippen LogP) is 0.522. The van der Waals surface area contributed by atoms with Gasteiger partial charge in [0.05, 0.1) is 5.56 Å². The summed E-state index contributed by atoms with van der Waals surface area (Å²) in [7, 11) is 1.63. The van der Waals surface area contributed by atoms with Gasteiger partial charge in [-0.05, 0) is 37.2 Å². The van der Waals surface area contributed by atoms with E-state index in [2.05, 4.69) is 5.32 Å². The lowest BCUT2D eigenvalue weighted by molar-refractivity contribution is 0.0861. The zero-order valence-corrected chi connectivity index (χ0v) is 11.6. The molecule has 2 bridgehead atoms. The molecule has 1 amide bonds. The lowest BCUT2D eigenvalue weighted by Gasteiger charge is -2.30. The number of nitrogens with one attached hydrogen (secondary N) is 1. The molecule has 4 atom stereocenters. The molecule has 1 heterocycles. The number of fused-ring (bicyclic) bond motifs is 2. The van der Waals surface area contributed by atoms with Crippen LogP contribution in [0.4, 0.5) is 0 Å². The number of carbonyl (C=O) groups excluding carboxylic acids is 1. The summed E-state index contributed by atoms with van der Waals surface area (Å²) in [6.07, 6.45) is 4.98. The topological polar surface area (TPSA) is 71.3 Å². The highest BCUT2D eigenvalue weighted by Crippen LogP contribution is 2.48. The van der Waals surface area contributed by atoms with Crippen LogP contribution in [-0.2, 0) is 7.05 Å². The van der Waals surface area contributed by atoms with Crippen molar-refractivity contribution in [2.45, 2.75) is 25.3 Å². The second kappa shape index (κ2) is 5.05. The van der Waals surface area contributed by atoms with E-state index < -0.39 is 0 Å². The molecule has 0 aromatic carbocycles. The van der Waals surface area contributed by atoms with E-state index in [1.807, 2.05) is 0 Å². The molecule has 0 radical (unpaired) electrons. The van der Waals surface area contributed by atoms with Crippen molar-refractivity contribution >= 4 is 5.91 Å². The molecule has 4 unspecified atom stereocenters. The Labute approximate surface area is 117 Å². The Balaban J connectivity index is 1.75. The average molecular weight is 276 g/mol. The van der Waals surface area contributed by atoms with Crippen LogP contribution in [0.2, 0.25) is 0 Å². The Kier molecular flexibility index (Phi) is 3.38. The van der Waals surface area contributed by atoms with E-state index in [0.29, 0.717) is 17.4 Å². The molecule has 0 saturated heterocycles. The maximum atomic E-state index is 12.3. The Morgan fingerprint density at radius 1 is 1.40 bits per heavy atom. The molecule has 2 aliphatic rings. The monoisotopic (exact) mass is 276 g/mol. The summed E-state index contributed by atoms with van der Waals surface area (Å²) in [6, 6.07) is 3.03. The fraction of sp³-hybridized carbons (Fsp3) is 0.600. The van der Waals surface area contributed by atoms with Crippen LogP contribution < -0.4 is 10.9 Å². The van der Waals surface area contributed by atoms with E-state index in [1.165, 1.54) is 17.1 Å². The number of aromatic nitrogens is 1. The average Bonchev–Trinajstić information content (AvgIpc) is 3.02.